The summed E-state index contributed by atoms with van der Waals surface area (Å²) >= 11 is 0. The molecule has 7 heteroatoms. The summed E-state index contributed by atoms with van der Waals surface area (Å²) in [5.74, 6) is -5.14. The van der Waals surface area contributed by atoms with Crippen LogP contribution in [0, 0.1) is 39.9 Å². The molecule has 0 aromatic heterocycles. The van der Waals surface area contributed by atoms with E-state index in [-0.39, 0.29) is 25.2 Å². The third kappa shape index (κ3) is 1.92. The first kappa shape index (κ1) is 18.6. The molecule has 4 fully saturated rings. The Morgan fingerprint density at radius 1 is 1.26 bits per heavy atom. The van der Waals surface area contributed by atoms with Gasteiger partial charge in [0.25, 0.3) is 0 Å². The van der Waals surface area contributed by atoms with E-state index in [1.807, 2.05) is 0 Å². The number of carbonyl (C=O) groups is 3. The zero-order valence-electron chi connectivity index (χ0n) is 15.3. The number of aliphatic hydroxyl groups excluding tert-OH is 2. The molecule has 148 valence electrons. The Balaban J connectivity index is 2.00. The van der Waals surface area contributed by atoms with Crippen LogP contribution in [0.1, 0.15) is 39.0 Å². The molecule has 1 spiro atoms. The molecule has 2 bridgehead atoms. The lowest BCUT2D eigenvalue weighted by molar-refractivity contribution is -0.182. The lowest BCUT2D eigenvalue weighted by Gasteiger charge is -2.51. The number of carbonyl (C=O) groups excluding carboxylic acids is 1. The summed E-state index contributed by atoms with van der Waals surface area (Å²) in [7, 11) is 0. The van der Waals surface area contributed by atoms with Crippen LogP contribution in [0.3, 0.4) is 0 Å². The predicted octanol–water partition coefficient (Wildman–Crippen LogP) is 1.08. The Morgan fingerprint density at radius 2 is 1.93 bits per heavy atom. The summed E-state index contributed by atoms with van der Waals surface area (Å²) < 4.78 is 0. The highest BCUT2D eigenvalue weighted by Gasteiger charge is 2.78. The van der Waals surface area contributed by atoms with Crippen LogP contribution in [-0.4, -0.2) is 50.9 Å². The Hall–Kier alpha value is -1.73. The molecule has 4 aliphatic rings. The van der Waals surface area contributed by atoms with Crippen molar-refractivity contribution in [1.82, 2.24) is 0 Å². The molecule has 0 aliphatic heterocycles. The molecule has 0 unspecified atom stereocenters. The molecule has 0 heterocycles. The molecule has 0 aromatic rings. The van der Waals surface area contributed by atoms with Crippen molar-refractivity contribution in [3.05, 3.63) is 12.2 Å². The monoisotopic (exact) mass is 378 g/mol. The van der Waals surface area contributed by atoms with Crippen LogP contribution in [0.4, 0.5) is 0 Å². The highest BCUT2D eigenvalue weighted by Crippen LogP contribution is 2.77. The highest BCUT2D eigenvalue weighted by atomic mass is 16.4. The van der Waals surface area contributed by atoms with Crippen molar-refractivity contribution in [2.24, 2.45) is 39.9 Å². The van der Waals surface area contributed by atoms with Crippen LogP contribution < -0.4 is 0 Å². The van der Waals surface area contributed by atoms with E-state index in [0.29, 0.717) is 12.8 Å². The molecule has 4 saturated carbocycles. The second-order valence-electron chi connectivity index (χ2n) is 9.40. The summed E-state index contributed by atoms with van der Waals surface area (Å²) in [6, 6.07) is 0. The quantitative estimate of drug-likeness (QED) is 0.427. The molecular weight excluding hydrogens is 352 g/mol. The Kier molecular flexibility index (Phi) is 3.73. The van der Waals surface area contributed by atoms with Gasteiger partial charge in [0.15, 0.2) is 0 Å². The van der Waals surface area contributed by atoms with E-state index in [1.165, 1.54) is 6.92 Å². The van der Waals surface area contributed by atoms with Gasteiger partial charge in [-0.25, -0.2) is 0 Å². The number of carboxylic acids is 2. The molecule has 4 N–H and O–H groups in total. The van der Waals surface area contributed by atoms with Crippen molar-refractivity contribution in [1.29, 1.82) is 0 Å². The van der Waals surface area contributed by atoms with Crippen molar-refractivity contribution in [2.45, 2.75) is 51.2 Å². The lowest BCUT2D eigenvalue weighted by Crippen LogP contribution is -2.58. The minimum absolute atomic E-state index is 0.122. The van der Waals surface area contributed by atoms with E-state index in [4.69, 9.17) is 0 Å². The molecule has 4 rings (SSSR count). The van der Waals surface area contributed by atoms with Crippen molar-refractivity contribution in [3.63, 3.8) is 0 Å². The first-order valence-electron chi connectivity index (χ1n) is 9.52. The maximum Gasteiger partial charge on any atom is 0.312 e. The van der Waals surface area contributed by atoms with Crippen LogP contribution in [0.15, 0.2) is 12.2 Å². The minimum atomic E-state index is -1.74. The third-order valence-electron chi connectivity index (χ3n) is 8.63. The van der Waals surface area contributed by atoms with E-state index in [1.54, 1.807) is 0 Å². The number of aliphatic carboxylic acids is 2. The van der Waals surface area contributed by atoms with Crippen LogP contribution in [-0.2, 0) is 14.4 Å². The van der Waals surface area contributed by atoms with E-state index < -0.39 is 58.1 Å². The van der Waals surface area contributed by atoms with Crippen molar-refractivity contribution < 1.29 is 34.8 Å². The van der Waals surface area contributed by atoms with Crippen molar-refractivity contribution in [3.8, 4) is 0 Å². The fourth-order valence-corrected chi connectivity index (χ4v) is 7.57. The van der Waals surface area contributed by atoms with Crippen LogP contribution in [0.2, 0.25) is 0 Å². The van der Waals surface area contributed by atoms with E-state index in [0.717, 1.165) is 11.9 Å². The summed E-state index contributed by atoms with van der Waals surface area (Å²) in [5.41, 5.74) is -2.92. The lowest BCUT2D eigenvalue weighted by atomic mass is 9.52. The van der Waals surface area contributed by atoms with Gasteiger partial charge in [0, 0.05) is 17.3 Å². The SMILES string of the molecule is C=C1C[C@]23C[C@H]1[C@H](O)C[C@H]2[C@]1(C=O)CC[C@H](O)[C@@](C)(C(=O)O)[C@H]1[C@@H]3C(=O)O. The molecule has 7 nitrogen and oxygen atoms in total. The average molecular weight is 378 g/mol. The minimum Gasteiger partial charge on any atom is -0.481 e. The molecule has 0 radical (unpaired) electrons. The fraction of sp³-hybridized carbons (Fsp3) is 0.750. The summed E-state index contributed by atoms with van der Waals surface area (Å²) in [5, 5.41) is 41.4. The third-order valence-corrected chi connectivity index (χ3v) is 8.63. The van der Waals surface area contributed by atoms with E-state index >= 15 is 0 Å². The molecule has 0 aromatic carbocycles. The second kappa shape index (κ2) is 5.41. The van der Waals surface area contributed by atoms with Crippen molar-refractivity contribution >= 4 is 18.2 Å². The number of carboxylic acid groups (broad SMARTS) is 2. The fourth-order valence-electron chi connectivity index (χ4n) is 7.57. The number of rotatable bonds is 3. The van der Waals surface area contributed by atoms with Gasteiger partial charge >= 0.3 is 11.9 Å². The molecule has 9 atom stereocenters. The van der Waals surface area contributed by atoms with Gasteiger partial charge in [-0.1, -0.05) is 12.2 Å². The molecule has 0 amide bonds. The van der Waals surface area contributed by atoms with E-state index in [2.05, 4.69) is 6.58 Å². The van der Waals surface area contributed by atoms with Gasteiger partial charge in [0.05, 0.1) is 23.5 Å². The Bertz CT molecular complexity index is 747. The molecule has 0 saturated heterocycles. The molecular formula is C20H26O7. The van der Waals surface area contributed by atoms with Gasteiger partial charge in [-0.05, 0) is 50.4 Å². The maximum atomic E-state index is 12.5. The van der Waals surface area contributed by atoms with Crippen LogP contribution in [0.5, 0.6) is 0 Å². The smallest absolute Gasteiger partial charge is 0.312 e. The largest absolute Gasteiger partial charge is 0.481 e. The average Bonchev–Trinajstić information content (AvgIpc) is 3.03. The van der Waals surface area contributed by atoms with Gasteiger partial charge in [-0.3, -0.25) is 9.59 Å². The van der Waals surface area contributed by atoms with Gasteiger partial charge in [0.2, 0.25) is 0 Å². The van der Waals surface area contributed by atoms with E-state index in [9.17, 15) is 34.8 Å². The van der Waals surface area contributed by atoms with Gasteiger partial charge < -0.3 is 25.2 Å². The number of fused-ring (bicyclic) bond motifs is 3. The topological polar surface area (TPSA) is 132 Å². The number of hydrogen-bond donors (Lipinski definition) is 4. The maximum absolute atomic E-state index is 12.5. The zero-order valence-corrected chi connectivity index (χ0v) is 15.3. The first-order chi connectivity index (χ1) is 12.6. The zero-order chi connectivity index (χ0) is 19.9. The number of aliphatic hydroxyl groups is 2. The van der Waals surface area contributed by atoms with Gasteiger partial charge in [-0.2, -0.15) is 0 Å². The number of aldehydes is 1. The van der Waals surface area contributed by atoms with Crippen LogP contribution >= 0.6 is 0 Å². The summed E-state index contributed by atoms with van der Waals surface area (Å²) in [6.45, 7) is 5.42. The first-order valence-corrected chi connectivity index (χ1v) is 9.52. The standard InChI is InChI=1S/C20H26O7/c1-9-6-20-7-10(9)11(22)5-12(20)19(8-21)4-3-13(23)18(2,17(26)27)15(19)14(20)16(24)25/h8,10-15,22-23H,1,3-7H2,2H3,(H,24,25)(H,26,27)/t10-,11-,12+,13+,14-,15-,18-,19-,20+/m1/s1. The Morgan fingerprint density at radius 3 is 2.48 bits per heavy atom. The van der Waals surface area contributed by atoms with Crippen molar-refractivity contribution in [2.75, 3.05) is 0 Å². The molecule has 4 aliphatic carbocycles. The summed E-state index contributed by atoms with van der Waals surface area (Å²) in [4.78, 5) is 37.2. The van der Waals surface area contributed by atoms with Crippen LogP contribution in [0.25, 0.3) is 0 Å². The summed E-state index contributed by atoms with van der Waals surface area (Å²) in [6.07, 6.45) is 0.245. The Labute approximate surface area is 157 Å². The predicted molar refractivity (Wildman–Crippen MR) is 92.5 cm³/mol. The van der Waals surface area contributed by atoms with Gasteiger partial charge in [-0.15, -0.1) is 0 Å². The highest BCUT2D eigenvalue weighted by molar-refractivity contribution is 5.83. The second-order valence-corrected chi connectivity index (χ2v) is 9.40. The number of hydrogen-bond acceptors (Lipinski definition) is 5. The van der Waals surface area contributed by atoms with Gasteiger partial charge in [0.1, 0.15) is 6.29 Å². The molecule has 27 heavy (non-hydrogen) atoms. The normalized spacial score (nSPS) is 53.5.